The number of anilines is 1. The minimum Gasteiger partial charge on any atom is -0.496 e. The molecule has 0 bridgehead atoms. The van der Waals surface area contributed by atoms with Gasteiger partial charge < -0.3 is 19.1 Å². The number of ether oxygens (including phenoxy) is 3. The number of hydrogen-bond donors (Lipinski definition) is 0. The van der Waals surface area contributed by atoms with Gasteiger partial charge in [-0.15, -0.1) is 0 Å². The Bertz CT molecular complexity index is 896. The molecule has 2 aliphatic rings. The van der Waals surface area contributed by atoms with E-state index in [1.807, 2.05) is 6.07 Å². The van der Waals surface area contributed by atoms with Gasteiger partial charge >= 0.3 is 0 Å². The lowest BCUT2D eigenvalue weighted by atomic mass is 10.0. The average molecular weight is 440 g/mol. The van der Waals surface area contributed by atoms with E-state index in [9.17, 15) is 0 Å². The molecule has 6 nitrogen and oxygen atoms in total. The van der Waals surface area contributed by atoms with E-state index in [4.69, 9.17) is 14.2 Å². The van der Waals surface area contributed by atoms with Crippen LogP contribution < -0.4 is 19.1 Å². The third-order valence-electron chi connectivity index (χ3n) is 6.99. The van der Waals surface area contributed by atoms with Crippen LogP contribution in [-0.4, -0.2) is 76.4 Å². The molecular formula is C26H37N3O3. The summed E-state index contributed by atoms with van der Waals surface area (Å²) in [5, 5.41) is 0. The second-order valence-corrected chi connectivity index (χ2v) is 8.81. The zero-order valence-corrected chi connectivity index (χ0v) is 20.0. The molecule has 0 aromatic heterocycles. The quantitative estimate of drug-likeness (QED) is 0.653. The Morgan fingerprint density at radius 3 is 2.31 bits per heavy atom. The Balaban J connectivity index is 1.37. The van der Waals surface area contributed by atoms with Crippen LogP contribution in [0.2, 0.25) is 0 Å². The van der Waals surface area contributed by atoms with Crippen LogP contribution in [0.15, 0.2) is 36.4 Å². The second kappa shape index (κ2) is 10.5. The normalized spacial score (nSPS) is 20.2. The highest BCUT2D eigenvalue weighted by atomic mass is 16.5. The van der Waals surface area contributed by atoms with E-state index < -0.39 is 0 Å². The van der Waals surface area contributed by atoms with Gasteiger partial charge in [-0.3, -0.25) is 9.80 Å². The van der Waals surface area contributed by atoms with Crippen LogP contribution in [-0.2, 0) is 6.54 Å². The van der Waals surface area contributed by atoms with Gasteiger partial charge in [0.05, 0.1) is 27.0 Å². The Hall–Kier alpha value is -2.44. The molecule has 174 valence electrons. The molecule has 0 aliphatic carbocycles. The van der Waals surface area contributed by atoms with Crippen molar-refractivity contribution in [2.24, 2.45) is 0 Å². The summed E-state index contributed by atoms with van der Waals surface area (Å²) in [6, 6.07) is 13.2. The molecule has 0 N–H and O–H groups in total. The third-order valence-corrected chi connectivity index (χ3v) is 6.99. The first-order chi connectivity index (χ1) is 15.6. The summed E-state index contributed by atoms with van der Waals surface area (Å²) in [5.41, 5.74) is 3.53. The largest absolute Gasteiger partial charge is 0.496 e. The summed E-state index contributed by atoms with van der Waals surface area (Å²) in [7, 11) is 5.22. The van der Waals surface area contributed by atoms with Crippen LogP contribution in [0.4, 0.5) is 5.69 Å². The van der Waals surface area contributed by atoms with Gasteiger partial charge in [-0.1, -0.05) is 18.2 Å². The van der Waals surface area contributed by atoms with Crippen LogP contribution in [0.5, 0.6) is 17.2 Å². The highest BCUT2D eigenvalue weighted by Crippen LogP contribution is 2.33. The summed E-state index contributed by atoms with van der Waals surface area (Å²) >= 11 is 0. The molecule has 4 rings (SSSR count). The van der Waals surface area contributed by atoms with Gasteiger partial charge in [0.1, 0.15) is 17.2 Å². The van der Waals surface area contributed by atoms with Gasteiger partial charge in [0.25, 0.3) is 0 Å². The van der Waals surface area contributed by atoms with E-state index in [0.717, 1.165) is 68.6 Å². The Morgan fingerprint density at radius 2 is 1.59 bits per heavy atom. The van der Waals surface area contributed by atoms with Crippen molar-refractivity contribution in [3.05, 3.63) is 47.5 Å². The van der Waals surface area contributed by atoms with E-state index >= 15 is 0 Å². The highest BCUT2D eigenvalue weighted by molar-refractivity contribution is 5.58. The second-order valence-electron chi connectivity index (χ2n) is 8.81. The Kier molecular flexibility index (Phi) is 7.43. The molecule has 2 aromatic carbocycles. The molecular weight excluding hydrogens is 402 g/mol. The highest BCUT2D eigenvalue weighted by Gasteiger charge is 2.29. The number of likely N-dealkylation sites (tertiary alicyclic amines) is 1. The van der Waals surface area contributed by atoms with Crippen molar-refractivity contribution in [1.29, 1.82) is 0 Å². The smallest absolute Gasteiger partial charge is 0.142 e. The molecule has 2 aromatic rings. The maximum Gasteiger partial charge on any atom is 0.142 e. The van der Waals surface area contributed by atoms with Crippen LogP contribution in [0.3, 0.4) is 0 Å². The number of methoxy groups -OCH3 is 3. The summed E-state index contributed by atoms with van der Waals surface area (Å²) in [6.45, 7) is 9.54. The lowest BCUT2D eigenvalue weighted by Crippen LogP contribution is -2.55. The van der Waals surface area contributed by atoms with Gasteiger partial charge in [-0.05, 0) is 44.5 Å². The molecule has 32 heavy (non-hydrogen) atoms. The summed E-state index contributed by atoms with van der Waals surface area (Å²) in [5.74, 6) is 2.81. The molecule has 6 heteroatoms. The zero-order chi connectivity index (χ0) is 22.5. The van der Waals surface area contributed by atoms with E-state index in [0.29, 0.717) is 6.04 Å². The number of benzene rings is 2. The van der Waals surface area contributed by atoms with E-state index in [-0.39, 0.29) is 0 Å². The SMILES string of the molecule is COc1ccccc1N1CCN(C2CCCN(Cc3ccc(OC)c(C)c3OC)C2)CC1. The minimum atomic E-state index is 0.619. The number of hydrogen-bond acceptors (Lipinski definition) is 6. The van der Waals surface area contributed by atoms with Gasteiger partial charge in [0.15, 0.2) is 0 Å². The van der Waals surface area contributed by atoms with Crippen molar-refractivity contribution < 1.29 is 14.2 Å². The molecule has 2 aliphatic heterocycles. The molecule has 0 radical (unpaired) electrons. The number of piperidine rings is 1. The van der Waals surface area contributed by atoms with Gasteiger partial charge in [0, 0.05) is 56.4 Å². The standard InChI is InChI=1S/C26H37N3O3/c1-20-24(30-2)12-11-21(26(20)32-4)18-27-13-7-8-22(19-27)28-14-16-29(17-15-28)23-9-5-6-10-25(23)31-3/h5-6,9-12,22H,7-8,13-19H2,1-4H3. The Labute approximate surface area is 192 Å². The third kappa shape index (κ3) is 4.81. The lowest BCUT2D eigenvalue weighted by Gasteiger charge is -2.44. The van der Waals surface area contributed by atoms with Crippen LogP contribution in [0.25, 0.3) is 0 Å². The fourth-order valence-electron chi connectivity index (χ4n) is 5.29. The Morgan fingerprint density at radius 1 is 0.844 bits per heavy atom. The van der Waals surface area contributed by atoms with Crippen LogP contribution in [0.1, 0.15) is 24.0 Å². The number of nitrogens with zero attached hydrogens (tertiary/aromatic N) is 3. The van der Waals surface area contributed by atoms with E-state index in [1.165, 1.54) is 24.1 Å². The topological polar surface area (TPSA) is 37.4 Å². The van der Waals surface area contributed by atoms with Crippen LogP contribution >= 0.6 is 0 Å². The van der Waals surface area contributed by atoms with E-state index in [2.05, 4.69) is 52.0 Å². The molecule has 2 fully saturated rings. The van der Waals surface area contributed by atoms with E-state index in [1.54, 1.807) is 21.3 Å². The number of para-hydroxylation sites is 2. The summed E-state index contributed by atoms with van der Waals surface area (Å²) < 4.78 is 16.8. The monoisotopic (exact) mass is 439 g/mol. The zero-order valence-electron chi connectivity index (χ0n) is 20.0. The van der Waals surface area contributed by atoms with Crippen molar-refractivity contribution in [1.82, 2.24) is 9.80 Å². The minimum absolute atomic E-state index is 0.619. The summed E-state index contributed by atoms with van der Waals surface area (Å²) in [6.07, 6.45) is 2.53. The predicted molar refractivity (Wildman–Crippen MR) is 129 cm³/mol. The first-order valence-electron chi connectivity index (χ1n) is 11.7. The van der Waals surface area contributed by atoms with Crippen molar-refractivity contribution in [3.63, 3.8) is 0 Å². The lowest BCUT2D eigenvalue weighted by molar-refractivity contribution is 0.0882. The first kappa shape index (κ1) is 22.7. The molecule has 0 spiro atoms. The summed E-state index contributed by atoms with van der Waals surface area (Å²) in [4.78, 5) is 7.74. The predicted octanol–water partition coefficient (Wildman–Crippen LogP) is 3.81. The molecule has 2 heterocycles. The first-order valence-corrected chi connectivity index (χ1v) is 11.7. The average Bonchev–Trinajstić information content (AvgIpc) is 2.84. The maximum atomic E-state index is 5.74. The molecule has 1 unspecified atom stereocenters. The van der Waals surface area contributed by atoms with Crippen molar-refractivity contribution in [2.75, 3.05) is 65.5 Å². The molecule has 1 atom stereocenters. The fourth-order valence-corrected chi connectivity index (χ4v) is 5.29. The molecule has 0 amide bonds. The van der Waals surface area contributed by atoms with Gasteiger partial charge in [-0.2, -0.15) is 0 Å². The van der Waals surface area contributed by atoms with Gasteiger partial charge in [-0.25, -0.2) is 0 Å². The number of piperazine rings is 1. The number of rotatable bonds is 7. The fraction of sp³-hybridized carbons (Fsp3) is 0.538. The van der Waals surface area contributed by atoms with Crippen molar-refractivity contribution in [3.8, 4) is 17.2 Å². The van der Waals surface area contributed by atoms with Crippen molar-refractivity contribution >= 4 is 5.69 Å². The maximum absolute atomic E-state index is 5.74. The molecule has 0 saturated carbocycles. The van der Waals surface area contributed by atoms with Crippen molar-refractivity contribution in [2.45, 2.75) is 32.4 Å². The molecule has 2 saturated heterocycles. The van der Waals surface area contributed by atoms with Gasteiger partial charge in [0.2, 0.25) is 0 Å². The van der Waals surface area contributed by atoms with Crippen LogP contribution in [0, 0.1) is 6.92 Å².